The number of nitrogens with zero attached hydrogens (tertiary/aromatic N) is 4. The molecule has 2 aromatic heterocycles. The number of amides is 1. The molecule has 0 saturated carbocycles. The minimum Gasteiger partial charge on any atom is -0.336 e. The summed E-state index contributed by atoms with van der Waals surface area (Å²) in [4.78, 5) is 21.4. The van der Waals surface area contributed by atoms with Gasteiger partial charge in [0.05, 0.1) is 16.9 Å². The van der Waals surface area contributed by atoms with Gasteiger partial charge in [-0.15, -0.1) is 0 Å². The van der Waals surface area contributed by atoms with Crippen molar-refractivity contribution in [2.45, 2.75) is 6.92 Å². The lowest BCUT2D eigenvalue weighted by Crippen LogP contribution is -2.24. The van der Waals surface area contributed by atoms with Crippen LogP contribution < -0.4 is 4.90 Å². The van der Waals surface area contributed by atoms with Gasteiger partial charge in [-0.25, -0.2) is 28.0 Å². The number of anilines is 2. The molecule has 0 bridgehead atoms. The molecule has 0 aliphatic heterocycles. The molecule has 0 spiro atoms. The fourth-order valence-corrected chi connectivity index (χ4v) is 3.02. The molecule has 1 amide bonds. The van der Waals surface area contributed by atoms with E-state index < -0.39 is 23.4 Å². The molecule has 0 fully saturated rings. The van der Waals surface area contributed by atoms with E-state index in [1.54, 1.807) is 6.07 Å². The highest BCUT2D eigenvalue weighted by Crippen LogP contribution is 2.42. The molecule has 4 rings (SSSR count). The zero-order chi connectivity index (χ0) is 21.3. The van der Waals surface area contributed by atoms with E-state index in [4.69, 9.17) is 4.52 Å². The van der Waals surface area contributed by atoms with Crippen LogP contribution in [0.15, 0.2) is 65.6 Å². The van der Waals surface area contributed by atoms with E-state index >= 15 is 0 Å². The van der Waals surface area contributed by atoms with Crippen molar-refractivity contribution in [3.05, 3.63) is 78.5 Å². The molecule has 0 saturated heterocycles. The predicted octanol–water partition coefficient (Wildman–Crippen LogP) is 4.90. The Labute approximate surface area is 168 Å². The van der Waals surface area contributed by atoms with Crippen LogP contribution in [0, 0.1) is 17.5 Å². The van der Waals surface area contributed by atoms with Gasteiger partial charge in [0, 0.05) is 24.8 Å². The third kappa shape index (κ3) is 3.41. The second kappa shape index (κ2) is 7.78. The Balaban J connectivity index is 2.00. The quantitative estimate of drug-likeness (QED) is 0.479. The van der Waals surface area contributed by atoms with E-state index in [2.05, 4.69) is 15.1 Å². The topological polar surface area (TPSA) is 72.1 Å². The summed E-state index contributed by atoms with van der Waals surface area (Å²) in [5.74, 6) is -3.05. The van der Waals surface area contributed by atoms with Crippen LogP contribution >= 0.6 is 0 Å². The first kappa shape index (κ1) is 19.3. The lowest BCUT2D eigenvalue weighted by atomic mass is 10.0. The molecule has 9 heteroatoms. The van der Waals surface area contributed by atoms with Crippen molar-refractivity contribution in [1.82, 2.24) is 15.1 Å². The molecule has 4 aromatic rings. The Kier molecular flexibility index (Phi) is 5.01. The minimum absolute atomic E-state index is 0.0243. The largest absolute Gasteiger partial charge is 0.336 e. The first-order valence-electron chi connectivity index (χ1n) is 8.74. The van der Waals surface area contributed by atoms with Gasteiger partial charge in [0.15, 0.2) is 0 Å². The molecular formula is C21H13F3N4O2. The maximum absolute atomic E-state index is 14.5. The van der Waals surface area contributed by atoms with Gasteiger partial charge in [-0.05, 0) is 30.3 Å². The Morgan fingerprint density at radius 1 is 1.03 bits per heavy atom. The summed E-state index contributed by atoms with van der Waals surface area (Å²) >= 11 is 0. The number of carbonyl (C=O) groups is 1. The first-order chi connectivity index (χ1) is 14.5. The third-order valence-electron chi connectivity index (χ3n) is 4.31. The second-order valence-electron chi connectivity index (χ2n) is 6.24. The molecule has 30 heavy (non-hydrogen) atoms. The lowest BCUT2D eigenvalue weighted by Gasteiger charge is -2.19. The molecule has 0 radical (unpaired) electrons. The van der Waals surface area contributed by atoms with E-state index in [0.717, 1.165) is 11.0 Å². The van der Waals surface area contributed by atoms with Crippen LogP contribution in [-0.2, 0) is 4.79 Å². The van der Waals surface area contributed by atoms with Crippen LogP contribution in [0.5, 0.6) is 0 Å². The molecule has 0 unspecified atom stereocenters. The molecule has 6 nitrogen and oxygen atoms in total. The molecule has 0 aliphatic carbocycles. The van der Waals surface area contributed by atoms with Gasteiger partial charge in [0.1, 0.15) is 29.5 Å². The molecule has 0 atom stereocenters. The minimum atomic E-state index is -0.884. The SMILES string of the molecule is CC(=O)N(c1ccccc1F)c1onc(-c2ccc(F)cc2F)c1-c1ccncn1. The molecule has 0 aliphatic rings. The number of carbonyl (C=O) groups excluding carboxylic acids is 1. The van der Waals surface area contributed by atoms with Gasteiger partial charge in [-0.2, -0.15) is 0 Å². The molecular weight excluding hydrogens is 397 g/mol. The summed E-state index contributed by atoms with van der Waals surface area (Å²) in [6, 6.07) is 10.1. The van der Waals surface area contributed by atoms with Crippen LogP contribution in [0.1, 0.15) is 6.92 Å². The smallest absolute Gasteiger partial charge is 0.248 e. The van der Waals surface area contributed by atoms with E-state index in [-0.39, 0.29) is 34.1 Å². The number of aromatic nitrogens is 3. The highest BCUT2D eigenvalue weighted by Gasteiger charge is 2.30. The number of hydrogen-bond acceptors (Lipinski definition) is 5. The Bertz CT molecular complexity index is 1230. The van der Waals surface area contributed by atoms with Gasteiger partial charge in [0.2, 0.25) is 11.8 Å². The van der Waals surface area contributed by atoms with E-state index in [0.29, 0.717) is 6.07 Å². The Morgan fingerprint density at radius 2 is 1.83 bits per heavy atom. The normalized spacial score (nSPS) is 10.8. The maximum atomic E-state index is 14.5. The van der Waals surface area contributed by atoms with Crippen LogP contribution in [0.4, 0.5) is 24.7 Å². The van der Waals surface area contributed by atoms with Crippen molar-refractivity contribution in [3.63, 3.8) is 0 Å². The number of para-hydroxylation sites is 1. The summed E-state index contributed by atoms with van der Waals surface area (Å²) in [6.07, 6.45) is 2.68. The van der Waals surface area contributed by atoms with Gasteiger partial charge in [-0.1, -0.05) is 17.3 Å². The Morgan fingerprint density at radius 3 is 2.50 bits per heavy atom. The zero-order valence-electron chi connectivity index (χ0n) is 15.5. The number of hydrogen-bond donors (Lipinski definition) is 0. The fraction of sp³-hybridized carbons (Fsp3) is 0.0476. The number of benzene rings is 2. The van der Waals surface area contributed by atoms with Crippen molar-refractivity contribution in [1.29, 1.82) is 0 Å². The Hall–Kier alpha value is -4.01. The highest BCUT2D eigenvalue weighted by atomic mass is 19.1. The summed E-state index contributed by atoms with van der Waals surface area (Å²) < 4.78 is 47.8. The predicted molar refractivity (Wildman–Crippen MR) is 102 cm³/mol. The molecule has 2 heterocycles. The van der Waals surface area contributed by atoms with Gasteiger partial charge in [0.25, 0.3) is 0 Å². The van der Waals surface area contributed by atoms with Crippen LogP contribution in [0.2, 0.25) is 0 Å². The van der Waals surface area contributed by atoms with Crippen LogP contribution in [0.25, 0.3) is 22.5 Å². The van der Waals surface area contributed by atoms with Gasteiger partial charge in [-0.3, -0.25) is 4.79 Å². The van der Waals surface area contributed by atoms with Crippen molar-refractivity contribution in [2.75, 3.05) is 4.90 Å². The summed E-state index contributed by atoms with van der Waals surface area (Å²) in [6.45, 7) is 1.22. The van der Waals surface area contributed by atoms with Crippen molar-refractivity contribution < 1.29 is 22.5 Å². The zero-order valence-corrected chi connectivity index (χ0v) is 15.5. The van der Waals surface area contributed by atoms with Gasteiger partial charge >= 0.3 is 0 Å². The number of halogens is 3. The van der Waals surface area contributed by atoms with Crippen molar-refractivity contribution in [2.24, 2.45) is 0 Å². The fourth-order valence-electron chi connectivity index (χ4n) is 3.02. The monoisotopic (exact) mass is 410 g/mol. The second-order valence-corrected chi connectivity index (χ2v) is 6.24. The molecule has 0 N–H and O–H groups in total. The average molecular weight is 410 g/mol. The van der Waals surface area contributed by atoms with Crippen LogP contribution in [0.3, 0.4) is 0 Å². The van der Waals surface area contributed by atoms with Gasteiger partial charge < -0.3 is 4.52 Å². The van der Waals surface area contributed by atoms with Crippen molar-refractivity contribution >= 4 is 17.5 Å². The highest BCUT2D eigenvalue weighted by molar-refractivity contribution is 6.03. The van der Waals surface area contributed by atoms with E-state index in [9.17, 15) is 18.0 Å². The standard InChI is InChI=1S/C21H13F3N4O2/c1-12(29)28(18-5-3-2-4-15(18)23)21-19(17-8-9-25-11-26-17)20(27-30-21)14-7-6-13(22)10-16(14)24/h2-11H,1H3. The average Bonchev–Trinajstić information content (AvgIpc) is 3.14. The lowest BCUT2D eigenvalue weighted by molar-refractivity contribution is -0.116. The van der Waals surface area contributed by atoms with Crippen LogP contribution in [-0.4, -0.2) is 21.0 Å². The van der Waals surface area contributed by atoms with E-state index in [1.165, 1.54) is 49.8 Å². The molecule has 150 valence electrons. The van der Waals surface area contributed by atoms with E-state index in [1.807, 2.05) is 0 Å². The summed E-state index contributed by atoms with van der Waals surface area (Å²) in [5.41, 5.74) is 0.201. The first-order valence-corrected chi connectivity index (χ1v) is 8.74. The summed E-state index contributed by atoms with van der Waals surface area (Å²) in [7, 11) is 0. The van der Waals surface area contributed by atoms with Crippen molar-refractivity contribution in [3.8, 4) is 22.5 Å². The third-order valence-corrected chi connectivity index (χ3v) is 4.31. The molecule has 2 aromatic carbocycles. The maximum Gasteiger partial charge on any atom is 0.248 e. The summed E-state index contributed by atoms with van der Waals surface area (Å²) in [5, 5.41) is 3.90. The number of rotatable bonds is 4.